The lowest BCUT2D eigenvalue weighted by Gasteiger charge is -2.07. The molecule has 0 bridgehead atoms. The number of thioether (sulfide) groups is 1. The number of hydrogen-bond donors (Lipinski definition) is 0. The predicted octanol–water partition coefficient (Wildman–Crippen LogP) is 2.95. The molecule has 1 saturated carbocycles. The number of nitrogens with zero attached hydrogens (tertiary/aromatic N) is 4. The monoisotopic (exact) mass is 318 g/mol. The molecule has 1 fully saturated rings. The van der Waals surface area contributed by atoms with Crippen molar-refractivity contribution >= 4 is 28.9 Å². The van der Waals surface area contributed by atoms with E-state index in [0.29, 0.717) is 11.0 Å². The zero-order valence-corrected chi connectivity index (χ0v) is 13.2. The minimum Gasteiger partial charge on any atom is -0.323 e. The van der Waals surface area contributed by atoms with Crippen molar-refractivity contribution in [3.8, 4) is 6.07 Å². The van der Waals surface area contributed by atoms with Crippen LogP contribution in [-0.2, 0) is 4.79 Å². The number of imidazole rings is 1. The van der Waals surface area contributed by atoms with Crippen LogP contribution < -0.4 is 0 Å². The Kier molecular flexibility index (Phi) is 4.08. The maximum Gasteiger partial charge on any atom is 0.168 e. The van der Waals surface area contributed by atoms with Crippen molar-refractivity contribution in [3.05, 3.63) is 28.5 Å². The maximum atomic E-state index is 12.3. The second-order valence-corrected chi connectivity index (χ2v) is 6.82. The van der Waals surface area contributed by atoms with Gasteiger partial charge < -0.3 is 4.57 Å². The molecule has 1 unspecified atom stereocenters. The van der Waals surface area contributed by atoms with E-state index < -0.39 is 5.92 Å². The number of Topliss-reactive ketones (excluding diaryl/α,β-unsaturated/α-hetero) is 1. The van der Waals surface area contributed by atoms with Crippen LogP contribution in [0.25, 0.3) is 0 Å². The van der Waals surface area contributed by atoms with Crippen molar-refractivity contribution in [2.45, 2.75) is 36.9 Å². The van der Waals surface area contributed by atoms with E-state index in [-0.39, 0.29) is 11.5 Å². The van der Waals surface area contributed by atoms with Gasteiger partial charge in [-0.25, -0.2) is 9.97 Å². The van der Waals surface area contributed by atoms with Crippen molar-refractivity contribution in [3.63, 3.8) is 0 Å². The summed E-state index contributed by atoms with van der Waals surface area (Å²) < 4.78 is 2.12. The standard InChI is InChI=1S/C14H14N4OS2/c1-9-7-20-13(17-9)11(6-15)12(19)8-21-14-16-4-5-18(14)10-2-3-10/h4-5,7,10-11H,2-3,8H2,1H3. The molecule has 2 aromatic heterocycles. The molecule has 1 atom stereocenters. The van der Waals surface area contributed by atoms with Gasteiger partial charge in [-0.1, -0.05) is 11.8 Å². The van der Waals surface area contributed by atoms with Gasteiger partial charge in [0.15, 0.2) is 16.9 Å². The Morgan fingerprint density at radius 3 is 3.10 bits per heavy atom. The molecule has 5 nitrogen and oxygen atoms in total. The molecule has 21 heavy (non-hydrogen) atoms. The zero-order chi connectivity index (χ0) is 14.8. The molecule has 108 valence electrons. The summed E-state index contributed by atoms with van der Waals surface area (Å²) in [5.41, 5.74) is 0.847. The van der Waals surface area contributed by atoms with Gasteiger partial charge in [-0.2, -0.15) is 5.26 Å². The molecule has 3 rings (SSSR count). The molecule has 0 spiro atoms. The molecule has 0 radical (unpaired) electrons. The lowest BCUT2D eigenvalue weighted by Crippen LogP contribution is -2.13. The number of carbonyl (C=O) groups excluding carboxylic acids is 1. The van der Waals surface area contributed by atoms with Gasteiger partial charge in [0.05, 0.1) is 11.8 Å². The van der Waals surface area contributed by atoms with Crippen LogP contribution in [0.5, 0.6) is 0 Å². The van der Waals surface area contributed by atoms with Crippen LogP contribution in [-0.4, -0.2) is 26.1 Å². The summed E-state index contributed by atoms with van der Waals surface area (Å²) in [5.74, 6) is -0.622. The van der Waals surface area contributed by atoms with Crippen molar-refractivity contribution < 1.29 is 4.79 Å². The van der Waals surface area contributed by atoms with Gasteiger partial charge >= 0.3 is 0 Å². The highest BCUT2D eigenvalue weighted by Crippen LogP contribution is 2.37. The van der Waals surface area contributed by atoms with Crippen LogP contribution in [0, 0.1) is 18.3 Å². The van der Waals surface area contributed by atoms with E-state index in [2.05, 4.69) is 20.6 Å². The molecule has 2 aromatic rings. The molecule has 0 aromatic carbocycles. The molecule has 1 aliphatic carbocycles. The Labute approximate surface area is 131 Å². The average Bonchev–Trinajstić information content (AvgIpc) is 3.06. The Bertz CT molecular complexity index is 696. The second kappa shape index (κ2) is 6.00. The van der Waals surface area contributed by atoms with Gasteiger partial charge in [-0.3, -0.25) is 4.79 Å². The fourth-order valence-electron chi connectivity index (χ4n) is 2.03. The molecule has 7 heteroatoms. The summed E-state index contributed by atoms with van der Waals surface area (Å²) >= 11 is 2.77. The molecule has 2 heterocycles. The number of rotatable bonds is 6. The summed E-state index contributed by atoms with van der Waals surface area (Å²) in [6, 6.07) is 2.61. The summed E-state index contributed by atoms with van der Waals surface area (Å²) in [5, 5.41) is 12.5. The third kappa shape index (κ3) is 3.17. The van der Waals surface area contributed by atoms with E-state index in [1.54, 1.807) is 6.20 Å². The van der Waals surface area contributed by atoms with Gasteiger partial charge in [0.25, 0.3) is 0 Å². The van der Waals surface area contributed by atoms with Crippen LogP contribution in [0.1, 0.15) is 35.5 Å². The first-order valence-electron chi connectivity index (χ1n) is 6.69. The normalized spacial score (nSPS) is 15.6. The number of hydrogen-bond acceptors (Lipinski definition) is 6. The van der Waals surface area contributed by atoms with Crippen LogP contribution >= 0.6 is 23.1 Å². The first kappa shape index (κ1) is 14.3. The number of ketones is 1. The molecule has 0 N–H and O–H groups in total. The van der Waals surface area contributed by atoms with E-state index in [1.807, 2.05) is 18.5 Å². The van der Waals surface area contributed by atoms with Gasteiger partial charge in [0.1, 0.15) is 5.01 Å². The number of aromatic nitrogens is 3. The quantitative estimate of drug-likeness (QED) is 0.766. The van der Waals surface area contributed by atoms with Crippen molar-refractivity contribution in [2.75, 3.05) is 5.75 Å². The van der Waals surface area contributed by atoms with Crippen molar-refractivity contribution in [2.24, 2.45) is 0 Å². The third-order valence-corrected chi connectivity index (χ3v) is 5.28. The number of nitriles is 1. The Hall–Kier alpha value is -1.65. The fraction of sp³-hybridized carbons (Fsp3) is 0.429. The van der Waals surface area contributed by atoms with Gasteiger partial charge in [0.2, 0.25) is 0 Å². The summed E-state index contributed by atoms with van der Waals surface area (Å²) in [4.78, 5) is 20.8. The number of aryl methyl sites for hydroxylation is 1. The SMILES string of the molecule is Cc1csc(C(C#N)C(=O)CSc2nccn2C2CC2)n1. The molecule has 0 aliphatic heterocycles. The lowest BCUT2D eigenvalue weighted by molar-refractivity contribution is -0.116. The topological polar surface area (TPSA) is 71.6 Å². The van der Waals surface area contributed by atoms with E-state index >= 15 is 0 Å². The Morgan fingerprint density at radius 2 is 2.48 bits per heavy atom. The molecule has 1 aliphatic rings. The van der Waals surface area contributed by atoms with E-state index in [9.17, 15) is 10.1 Å². The third-order valence-electron chi connectivity index (χ3n) is 3.25. The second-order valence-electron chi connectivity index (χ2n) is 4.99. The van der Waals surface area contributed by atoms with Crippen molar-refractivity contribution in [1.29, 1.82) is 5.26 Å². The predicted molar refractivity (Wildman–Crippen MR) is 81.4 cm³/mol. The van der Waals surface area contributed by atoms with Crippen LogP contribution in [0.3, 0.4) is 0 Å². The summed E-state index contributed by atoms with van der Waals surface area (Å²) in [6.45, 7) is 1.86. The van der Waals surface area contributed by atoms with E-state index in [1.165, 1.54) is 35.9 Å². The Morgan fingerprint density at radius 1 is 1.67 bits per heavy atom. The van der Waals surface area contributed by atoms with Gasteiger partial charge in [-0.05, 0) is 19.8 Å². The van der Waals surface area contributed by atoms with Crippen LogP contribution in [0.4, 0.5) is 0 Å². The van der Waals surface area contributed by atoms with Crippen LogP contribution in [0.15, 0.2) is 22.9 Å². The lowest BCUT2D eigenvalue weighted by atomic mass is 10.1. The van der Waals surface area contributed by atoms with Gasteiger partial charge in [0, 0.05) is 29.5 Å². The molecule has 0 amide bonds. The smallest absolute Gasteiger partial charge is 0.168 e. The first-order chi connectivity index (χ1) is 10.2. The number of thiazole rings is 1. The minimum absolute atomic E-state index is 0.109. The first-order valence-corrected chi connectivity index (χ1v) is 8.55. The minimum atomic E-state index is -0.763. The molecular weight excluding hydrogens is 304 g/mol. The fourth-order valence-corrected chi connectivity index (χ4v) is 3.82. The molecule has 0 saturated heterocycles. The van der Waals surface area contributed by atoms with Crippen molar-refractivity contribution in [1.82, 2.24) is 14.5 Å². The van der Waals surface area contributed by atoms with Gasteiger partial charge in [-0.15, -0.1) is 11.3 Å². The van der Waals surface area contributed by atoms with E-state index in [0.717, 1.165) is 10.9 Å². The summed E-state index contributed by atoms with van der Waals surface area (Å²) in [6.07, 6.45) is 6.07. The highest BCUT2D eigenvalue weighted by Gasteiger charge is 2.27. The Balaban J connectivity index is 1.65. The average molecular weight is 318 g/mol. The summed E-state index contributed by atoms with van der Waals surface area (Å²) in [7, 11) is 0. The molecular formula is C14H14N4OS2. The highest BCUT2D eigenvalue weighted by atomic mass is 32.2. The highest BCUT2D eigenvalue weighted by molar-refractivity contribution is 7.99. The zero-order valence-electron chi connectivity index (χ0n) is 11.5. The van der Waals surface area contributed by atoms with Crippen LogP contribution in [0.2, 0.25) is 0 Å². The van der Waals surface area contributed by atoms with E-state index in [4.69, 9.17) is 0 Å². The number of carbonyl (C=O) groups is 1. The largest absolute Gasteiger partial charge is 0.323 e. The maximum absolute atomic E-state index is 12.3.